The zero-order chi connectivity index (χ0) is 15.0. The van der Waals surface area contributed by atoms with Gasteiger partial charge in [-0.2, -0.15) is 0 Å². The van der Waals surface area contributed by atoms with Crippen molar-refractivity contribution >= 4 is 35.4 Å². The summed E-state index contributed by atoms with van der Waals surface area (Å²) in [5.41, 5.74) is -0.101. The van der Waals surface area contributed by atoms with Crippen LogP contribution in [-0.2, 0) is 9.59 Å². The normalized spacial score (nSPS) is 24.1. The van der Waals surface area contributed by atoms with Gasteiger partial charge in [-0.15, -0.1) is 23.5 Å². The summed E-state index contributed by atoms with van der Waals surface area (Å²) >= 11 is 2.88. The number of carbonyl (C=O) groups is 2. The third kappa shape index (κ3) is 2.49. The molecule has 0 radical (unpaired) electrons. The Hall–Kier alpha value is -1.67. The maximum Gasteiger partial charge on any atom is 0.352 e. The summed E-state index contributed by atoms with van der Waals surface area (Å²) in [5, 5.41) is 8.95. The number of nitrogens with zero attached hydrogens (tertiary/aromatic N) is 1. The Kier molecular flexibility index (Phi) is 3.81. The molecule has 2 atom stereocenters. The summed E-state index contributed by atoms with van der Waals surface area (Å²) < 4.78 is 0. The van der Waals surface area contributed by atoms with Gasteiger partial charge in [0.15, 0.2) is 0 Å². The van der Waals surface area contributed by atoms with Crippen molar-refractivity contribution in [2.24, 2.45) is 5.92 Å². The summed E-state index contributed by atoms with van der Waals surface area (Å²) in [5.74, 6) is -0.432. The number of thioether (sulfide) groups is 2. The smallest absolute Gasteiger partial charge is 0.352 e. The Labute approximate surface area is 128 Å². The lowest BCUT2D eigenvalue weighted by Gasteiger charge is -2.48. The highest BCUT2D eigenvalue weighted by atomic mass is 32.2. The Bertz CT molecular complexity index is 685. The van der Waals surface area contributed by atoms with E-state index >= 15 is 0 Å². The molecular formula is C13H12N2O4S2. The van der Waals surface area contributed by atoms with Gasteiger partial charge >= 0.3 is 5.97 Å². The largest absolute Gasteiger partial charge is 0.477 e. The lowest BCUT2D eigenvalue weighted by Crippen LogP contribution is -2.61. The van der Waals surface area contributed by atoms with Gasteiger partial charge in [0, 0.05) is 17.7 Å². The molecule has 2 aliphatic rings. The number of pyridine rings is 1. The maximum atomic E-state index is 12.1. The molecule has 3 rings (SSSR count). The van der Waals surface area contributed by atoms with Crippen molar-refractivity contribution in [1.82, 2.24) is 9.88 Å². The van der Waals surface area contributed by atoms with E-state index in [2.05, 4.69) is 4.98 Å². The Balaban J connectivity index is 1.69. The van der Waals surface area contributed by atoms with E-state index < -0.39 is 5.97 Å². The molecule has 8 heteroatoms. The predicted octanol–water partition coefficient (Wildman–Crippen LogP) is 0.967. The molecule has 21 heavy (non-hydrogen) atoms. The quantitative estimate of drug-likeness (QED) is 0.633. The minimum Gasteiger partial charge on any atom is -0.477 e. The molecule has 2 N–H and O–H groups in total. The first kappa shape index (κ1) is 14.3. The molecule has 1 aromatic rings. The summed E-state index contributed by atoms with van der Waals surface area (Å²) in [6.45, 7) is 0. The molecule has 1 unspecified atom stereocenters. The topological polar surface area (TPSA) is 90.5 Å². The van der Waals surface area contributed by atoms with Crippen LogP contribution in [0.5, 0.6) is 0 Å². The fraction of sp³-hybridized carbons (Fsp3) is 0.308. The first-order valence-electron chi connectivity index (χ1n) is 6.28. The first-order chi connectivity index (χ1) is 10.1. The highest BCUT2D eigenvalue weighted by molar-refractivity contribution is 8.00. The minimum atomic E-state index is -1.07. The van der Waals surface area contributed by atoms with Crippen LogP contribution in [0.4, 0.5) is 0 Å². The fourth-order valence-electron chi connectivity index (χ4n) is 2.34. The molecule has 2 aliphatic heterocycles. The Morgan fingerprint density at radius 2 is 2.33 bits per heavy atom. The van der Waals surface area contributed by atoms with Crippen LogP contribution in [0.1, 0.15) is 0 Å². The number of carboxylic acids is 1. The number of aromatic nitrogens is 1. The van der Waals surface area contributed by atoms with Crippen molar-refractivity contribution in [3.05, 3.63) is 40.5 Å². The van der Waals surface area contributed by atoms with Gasteiger partial charge in [-0.05, 0) is 18.2 Å². The first-order valence-corrected chi connectivity index (χ1v) is 8.31. The highest BCUT2D eigenvalue weighted by Crippen LogP contribution is 2.43. The van der Waals surface area contributed by atoms with Crippen LogP contribution in [0.2, 0.25) is 0 Å². The molecule has 0 saturated carbocycles. The monoisotopic (exact) mass is 324 g/mol. The summed E-state index contributed by atoms with van der Waals surface area (Å²) in [6.07, 6.45) is 3.12. The van der Waals surface area contributed by atoms with Crippen molar-refractivity contribution in [2.75, 3.05) is 11.5 Å². The highest BCUT2D eigenvalue weighted by Gasteiger charge is 2.51. The fourth-order valence-corrected chi connectivity index (χ4v) is 4.77. The number of carbonyl (C=O) groups excluding carboxylic acids is 1. The van der Waals surface area contributed by atoms with E-state index in [1.54, 1.807) is 36.2 Å². The van der Waals surface area contributed by atoms with E-state index in [9.17, 15) is 14.4 Å². The number of carboxylic acid groups (broad SMARTS) is 1. The second kappa shape index (κ2) is 5.61. The molecule has 0 spiro atoms. The third-order valence-corrected chi connectivity index (χ3v) is 5.77. The number of aromatic amines is 1. The van der Waals surface area contributed by atoms with Crippen molar-refractivity contribution in [2.45, 2.75) is 10.3 Å². The van der Waals surface area contributed by atoms with Crippen LogP contribution in [0.25, 0.3) is 0 Å². The van der Waals surface area contributed by atoms with Gasteiger partial charge in [0.2, 0.25) is 5.91 Å². The second-order valence-corrected chi connectivity index (χ2v) is 6.82. The van der Waals surface area contributed by atoms with Gasteiger partial charge in [0.05, 0.1) is 16.2 Å². The lowest BCUT2D eigenvalue weighted by atomic mass is 9.99. The van der Waals surface area contributed by atoms with Crippen LogP contribution >= 0.6 is 23.5 Å². The summed E-state index contributed by atoms with van der Waals surface area (Å²) in [4.78, 5) is 39.3. The molecule has 0 bridgehead atoms. The number of β-lactam (4-membered cyclic amide) rings is 1. The van der Waals surface area contributed by atoms with Crippen molar-refractivity contribution in [3.8, 4) is 0 Å². The van der Waals surface area contributed by atoms with Crippen LogP contribution in [0, 0.1) is 5.92 Å². The van der Waals surface area contributed by atoms with Crippen LogP contribution < -0.4 is 5.56 Å². The molecule has 3 heterocycles. The molecule has 0 aromatic carbocycles. The molecule has 1 fully saturated rings. The van der Waals surface area contributed by atoms with Gasteiger partial charge in [-0.3, -0.25) is 14.5 Å². The number of H-pyrrole nitrogens is 1. The van der Waals surface area contributed by atoms with E-state index in [4.69, 9.17) is 5.11 Å². The minimum absolute atomic E-state index is 0.0718. The van der Waals surface area contributed by atoms with E-state index in [1.165, 1.54) is 16.7 Å². The van der Waals surface area contributed by atoms with Crippen LogP contribution in [0.3, 0.4) is 0 Å². The number of hydrogen-bond donors (Lipinski definition) is 2. The van der Waals surface area contributed by atoms with E-state index in [0.717, 1.165) is 0 Å². The Morgan fingerprint density at radius 3 is 3.05 bits per heavy atom. The van der Waals surface area contributed by atoms with Crippen molar-refractivity contribution in [1.29, 1.82) is 0 Å². The third-order valence-electron chi connectivity index (χ3n) is 3.38. The Morgan fingerprint density at radius 1 is 1.52 bits per heavy atom. The number of nitrogens with one attached hydrogen (secondary N) is 1. The van der Waals surface area contributed by atoms with Gasteiger partial charge < -0.3 is 10.1 Å². The molecule has 1 aromatic heterocycles. The maximum absolute atomic E-state index is 12.1. The van der Waals surface area contributed by atoms with Crippen molar-refractivity contribution < 1.29 is 14.7 Å². The number of hydrogen-bond acceptors (Lipinski definition) is 5. The number of fused-ring (bicyclic) bond motifs is 1. The van der Waals surface area contributed by atoms with E-state index in [-0.39, 0.29) is 28.5 Å². The predicted molar refractivity (Wildman–Crippen MR) is 80.1 cm³/mol. The van der Waals surface area contributed by atoms with Crippen LogP contribution in [0.15, 0.2) is 39.8 Å². The molecule has 110 valence electrons. The molecular weight excluding hydrogens is 312 g/mol. The van der Waals surface area contributed by atoms with Crippen LogP contribution in [-0.4, -0.2) is 43.7 Å². The molecule has 0 aliphatic carbocycles. The lowest BCUT2D eigenvalue weighted by molar-refractivity contribution is -0.151. The van der Waals surface area contributed by atoms with Gasteiger partial charge in [0.25, 0.3) is 5.56 Å². The van der Waals surface area contributed by atoms with Gasteiger partial charge in [0.1, 0.15) is 5.70 Å². The average molecular weight is 324 g/mol. The van der Waals surface area contributed by atoms with Gasteiger partial charge in [-0.25, -0.2) is 4.79 Å². The number of amides is 1. The molecule has 1 amide bonds. The van der Waals surface area contributed by atoms with Crippen molar-refractivity contribution in [3.63, 3.8) is 0 Å². The number of rotatable bonds is 4. The van der Waals surface area contributed by atoms with E-state index in [1.807, 2.05) is 0 Å². The van der Waals surface area contributed by atoms with Gasteiger partial charge in [-0.1, -0.05) is 0 Å². The average Bonchev–Trinajstić information content (AvgIpc) is 2.48. The SMILES string of the molecule is O=C(O)C1=CCS[C@H]2C(CSc3ccc[nH]c3=O)C(=O)N12. The standard InChI is InChI=1S/C13H12N2O4S2/c16-10-9(2-1-4-14-10)21-6-7-11(17)15-8(13(18)19)3-5-20-12(7)15/h1-4,7,12H,5-6H2,(H,14,16)(H,18,19)/t7?,12-/m0/s1. The number of aliphatic carboxylic acids is 1. The second-order valence-electron chi connectivity index (χ2n) is 4.61. The summed E-state index contributed by atoms with van der Waals surface area (Å²) in [7, 11) is 0. The zero-order valence-electron chi connectivity index (χ0n) is 10.8. The summed E-state index contributed by atoms with van der Waals surface area (Å²) in [6, 6.07) is 3.44. The molecule has 1 saturated heterocycles. The van der Waals surface area contributed by atoms with E-state index in [0.29, 0.717) is 16.4 Å². The molecule has 6 nitrogen and oxygen atoms in total. The zero-order valence-corrected chi connectivity index (χ0v) is 12.4.